The van der Waals surface area contributed by atoms with E-state index in [1.807, 2.05) is 30.3 Å². The summed E-state index contributed by atoms with van der Waals surface area (Å²) in [6.45, 7) is 3.66. The molecule has 27 heavy (non-hydrogen) atoms. The number of amides is 3. The number of nitrogens with zero attached hydrogens (tertiary/aromatic N) is 2. The molecule has 1 fully saturated rings. The van der Waals surface area contributed by atoms with Crippen LogP contribution in [0.3, 0.4) is 0 Å². The molecule has 142 valence electrons. The summed E-state index contributed by atoms with van der Waals surface area (Å²) in [6, 6.07) is 16.1. The van der Waals surface area contributed by atoms with Crippen molar-refractivity contribution in [3.05, 3.63) is 59.6 Å². The molecule has 3 amide bonds. The first kappa shape index (κ1) is 19.0. The number of para-hydroxylation sites is 1. The highest BCUT2D eigenvalue weighted by Gasteiger charge is 2.27. The number of urea groups is 1. The Kier molecular flexibility index (Phi) is 6.19. The number of anilines is 1. The van der Waals surface area contributed by atoms with Gasteiger partial charge in [-0.3, -0.25) is 4.79 Å². The molecular weight excluding hydrogens is 366 g/mol. The molecule has 0 saturated carbocycles. The molecule has 0 aromatic heterocycles. The summed E-state index contributed by atoms with van der Waals surface area (Å²) in [5.74, 6) is 0.509. The Morgan fingerprint density at radius 3 is 2.19 bits per heavy atom. The van der Waals surface area contributed by atoms with Gasteiger partial charge in [0.2, 0.25) is 0 Å². The molecule has 7 heteroatoms. The number of rotatable bonds is 4. The second-order valence-corrected chi connectivity index (χ2v) is 6.76. The van der Waals surface area contributed by atoms with Crippen LogP contribution in [0.15, 0.2) is 54.6 Å². The predicted molar refractivity (Wildman–Crippen MR) is 105 cm³/mol. The van der Waals surface area contributed by atoms with E-state index in [1.165, 1.54) is 0 Å². The minimum Gasteiger partial charge on any atom is -0.481 e. The number of ether oxygens (including phenoxy) is 1. The van der Waals surface area contributed by atoms with E-state index in [-0.39, 0.29) is 11.9 Å². The predicted octanol–water partition coefficient (Wildman–Crippen LogP) is 3.48. The number of hydrogen-bond donors (Lipinski definition) is 1. The number of benzene rings is 2. The van der Waals surface area contributed by atoms with E-state index in [0.29, 0.717) is 37.0 Å². The minimum atomic E-state index is -0.601. The number of piperazine rings is 1. The summed E-state index contributed by atoms with van der Waals surface area (Å²) in [4.78, 5) is 28.4. The summed E-state index contributed by atoms with van der Waals surface area (Å²) in [5.41, 5.74) is 0.756. The van der Waals surface area contributed by atoms with E-state index in [0.717, 1.165) is 5.69 Å². The van der Waals surface area contributed by atoms with Crippen LogP contribution in [-0.4, -0.2) is 54.0 Å². The maximum Gasteiger partial charge on any atom is 0.321 e. The number of nitrogens with one attached hydrogen (secondary N) is 1. The highest BCUT2D eigenvalue weighted by molar-refractivity contribution is 6.30. The van der Waals surface area contributed by atoms with E-state index in [2.05, 4.69) is 5.32 Å². The molecule has 1 saturated heterocycles. The molecule has 0 radical (unpaired) electrons. The molecule has 2 aromatic carbocycles. The number of carbonyl (C=O) groups excluding carboxylic acids is 2. The molecule has 2 aromatic rings. The number of hydrogen-bond acceptors (Lipinski definition) is 3. The van der Waals surface area contributed by atoms with Crippen molar-refractivity contribution in [2.24, 2.45) is 0 Å². The van der Waals surface area contributed by atoms with Crippen molar-refractivity contribution in [1.29, 1.82) is 0 Å². The lowest BCUT2D eigenvalue weighted by Gasteiger charge is -2.35. The number of carbonyl (C=O) groups is 2. The SMILES string of the molecule is CC(Oc1ccc(Cl)cc1)C(=O)N1CCN(C(=O)Nc2ccccc2)CC1. The van der Waals surface area contributed by atoms with Gasteiger partial charge in [0.15, 0.2) is 6.10 Å². The Morgan fingerprint density at radius 2 is 1.56 bits per heavy atom. The largest absolute Gasteiger partial charge is 0.481 e. The van der Waals surface area contributed by atoms with E-state index in [4.69, 9.17) is 16.3 Å². The zero-order valence-corrected chi connectivity index (χ0v) is 15.9. The minimum absolute atomic E-state index is 0.0898. The van der Waals surface area contributed by atoms with E-state index < -0.39 is 6.10 Å². The van der Waals surface area contributed by atoms with E-state index in [1.54, 1.807) is 41.0 Å². The third kappa shape index (κ3) is 5.14. The van der Waals surface area contributed by atoms with Crippen molar-refractivity contribution in [1.82, 2.24) is 9.80 Å². The van der Waals surface area contributed by atoms with Crippen molar-refractivity contribution in [2.75, 3.05) is 31.5 Å². The first-order chi connectivity index (χ1) is 13.0. The van der Waals surface area contributed by atoms with Crippen molar-refractivity contribution in [2.45, 2.75) is 13.0 Å². The molecule has 1 unspecified atom stereocenters. The Balaban J connectivity index is 1.48. The fourth-order valence-corrected chi connectivity index (χ4v) is 3.00. The molecule has 6 nitrogen and oxygen atoms in total. The third-order valence-corrected chi connectivity index (χ3v) is 4.63. The normalized spacial score (nSPS) is 15.2. The Labute approximate surface area is 163 Å². The molecular formula is C20H22ClN3O3. The van der Waals surface area contributed by atoms with Gasteiger partial charge in [0, 0.05) is 36.9 Å². The second-order valence-electron chi connectivity index (χ2n) is 6.32. The smallest absolute Gasteiger partial charge is 0.321 e. The van der Waals surface area contributed by atoms with Gasteiger partial charge in [-0.25, -0.2) is 4.79 Å². The molecule has 1 heterocycles. The third-order valence-electron chi connectivity index (χ3n) is 4.38. The zero-order chi connectivity index (χ0) is 19.2. The molecule has 3 rings (SSSR count). The Morgan fingerprint density at radius 1 is 0.963 bits per heavy atom. The fraction of sp³-hybridized carbons (Fsp3) is 0.300. The van der Waals surface area contributed by atoms with E-state index >= 15 is 0 Å². The lowest BCUT2D eigenvalue weighted by Crippen LogP contribution is -2.54. The quantitative estimate of drug-likeness (QED) is 0.873. The Hall–Kier alpha value is -2.73. The van der Waals surface area contributed by atoms with Gasteiger partial charge in [-0.15, -0.1) is 0 Å². The summed E-state index contributed by atoms with van der Waals surface area (Å²) in [6.07, 6.45) is -0.601. The van der Waals surface area contributed by atoms with Gasteiger partial charge in [0.25, 0.3) is 5.91 Å². The van der Waals surface area contributed by atoms with Crippen LogP contribution in [0.1, 0.15) is 6.92 Å². The van der Waals surface area contributed by atoms with Gasteiger partial charge in [-0.2, -0.15) is 0 Å². The van der Waals surface area contributed by atoms with Crippen LogP contribution in [0.2, 0.25) is 5.02 Å². The average Bonchev–Trinajstić information content (AvgIpc) is 2.70. The highest BCUT2D eigenvalue weighted by atomic mass is 35.5. The lowest BCUT2D eigenvalue weighted by atomic mass is 10.2. The maximum absolute atomic E-state index is 12.6. The van der Waals surface area contributed by atoms with Crippen LogP contribution >= 0.6 is 11.6 Å². The first-order valence-electron chi connectivity index (χ1n) is 8.85. The van der Waals surface area contributed by atoms with Crippen molar-refractivity contribution in [3.8, 4) is 5.75 Å². The summed E-state index contributed by atoms with van der Waals surface area (Å²) in [7, 11) is 0. The molecule has 1 aliphatic rings. The summed E-state index contributed by atoms with van der Waals surface area (Å²) >= 11 is 5.85. The Bertz CT molecular complexity index is 775. The van der Waals surface area contributed by atoms with E-state index in [9.17, 15) is 9.59 Å². The van der Waals surface area contributed by atoms with Gasteiger partial charge in [-0.05, 0) is 43.3 Å². The van der Waals surface area contributed by atoms with Crippen LogP contribution in [0.25, 0.3) is 0 Å². The van der Waals surface area contributed by atoms with Gasteiger partial charge in [0.1, 0.15) is 5.75 Å². The first-order valence-corrected chi connectivity index (χ1v) is 9.23. The molecule has 1 atom stereocenters. The van der Waals surface area contributed by atoms with Gasteiger partial charge < -0.3 is 19.9 Å². The van der Waals surface area contributed by atoms with Crippen molar-refractivity contribution in [3.63, 3.8) is 0 Å². The number of halogens is 1. The maximum atomic E-state index is 12.6. The molecule has 0 aliphatic carbocycles. The topological polar surface area (TPSA) is 61.9 Å². The molecule has 1 N–H and O–H groups in total. The molecule has 0 bridgehead atoms. The molecule has 0 spiro atoms. The van der Waals surface area contributed by atoms with Crippen LogP contribution in [0.5, 0.6) is 5.75 Å². The monoisotopic (exact) mass is 387 g/mol. The molecule has 1 aliphatic heterocycles. The van der Waals surface area contributed by atoms with Crippen molar-refractivity contribution < 1.29 is 14.3 Å². The highest BCUT2D eigenvalue weighted by Crippen LogP contribution is 2.18. The zero-order valence-electron chi connectivity index (χ0n) is 15.1. The van der Waals surface area contributed by atoms with Gasteiger partial charge >= 0.3 is 6.03 Å². The average molecular weight is 388 g/mol. The fourth-order valence-electron chi connectivity index (χ4n) is 2.88. The van der Waals surface area contributed by atoms with Crippen LogP contribution < -0.4 is 10.1 Å². The van der Waals surface area contributed by atoms with Gasteiger partial charge in [-0.1, -0.05) is 29.8 Å². The summed E-state index contributed by atoms with van der Waals surface area (Å²) < 4.78 is 5.69. The lowest BCUT2D eigenvalue weighted by molar-refractivity contribution is -0.139. The van der Waals surface area contributed by atoms with Gasteiger partial charge in [0.05, 0.1) is 0 Å². The van der Waals surface area contributed by atoms with Crippen LogP contribution in [0, 0.1) is 0 Å². The van der Waals surface area contributed by atoms with Crippen LogP contribution in [-0.2, 0) is 4.79 Å². The second kappa shape index (κ2) is 8.77. The van der Waals surface area contributed by atoms with Crippen molar-refractivity contribution >= 4 is 29.2 Å². The standard InChI is InChI=1S/C20H22ClN3O3/c1-15(27-18-9-7-16(21)8-10-18)19(25)23-11-13-24(14-12-23)20(26)22-17-5-3-2-4-6-17/h2-10,15H,11-14H2,1H3,(H,22,26). The summed E-state index contributed by atoms with van der Waals surface area (Å²) in [5, 5.41) is 3.48. The van der Waals surface area contributed by atoms with Crippen LogP contribution in [0.4, 0.5) is 10.5 Å².